The molecule has 1 aliphatic heterocycles. The zero-order chi connectivity index (χ0) is 14.4. The molecule has 2 rings (SSSR count). The Balaban J connectivity index is 1.78. The molecule has 1 aromatic rings. The lowest BCUT2D eigenvalue weighted by molar-refractivity contribution is 0.280. The van der Waals surface area contributed by atoms with Gasteiger partial charge in [0.1, 0.15) is 11.6 Å². The molecule has 0 radical (unpaired) electrons. The molecule has 0 bridgehead atoms. The molecule has 1 unspecified atom stereocenters. The van der Waals surface area contributed by atoms with E-state index in [1.807, 2.05) is 6.92 Å². The molecule has 112 valence electrons. The van der Waals surface area contributed by atoms with Gasteiger partial charge in [-0.1, -0.05) is 18.9 Å². The molecule has 1 saturated heterocycles. The molecule has 0 aromatic heterocycles. The molecule has 1 atom stereocenters. The topological polar surface area (TPSA) is 35.5 Å². The van der Waals surface area contributed by atoms with E-state index >= 15 is 0 Å². The minimum Gasteiger partial charge on any atom is -0.508 e. The smallest absolute Gasteiger partial charge is 0.131 e. The first-order valence-corrected chi connectivity index (χ1v) is 7.61. The van der Waals surface area contributed by atoms with Crippen molar-refractivity contribution in [2.75, 3.05) is 26.2 Å². The number of benzene rings is 1. The monoisotopic (exact) mass is 280 g/mol. The molecule has 1 heterocycles. The predicted molar refractivity (Wildman–Crippen MR) is 79.4 cm³/mol. The van der Waals surface area contributed by atoms with Crippen molar-refractivity contribution in [3.05, 3.63) is 29.6 Å². The molecule has 3 nitrogen and oxygen atoms in total. The molecule has 0 spiro atoms. The van der Waals surface area contributed by atoms with E-state index in [0.717, 1.165) is 13.1 Å². The number of rotatable bonds is 5. The summed E-state index contributed by atoms with van der Waals surface area (Å²) in [7, 11) is 0. The lowest BCUT2D eigenvalue weighted by atomic mass is 10.1. The van der Waals surface area contributed by atoms with Gasteiger partial charge in [-0.15, -0.1) is 0 Å². The van der Waals surface area contributed by atoms with Crippen LogP contribution in [-0.4, -0.2) is 36.2 Å². The van der Waals surface area contributed by atoms with Crippen molar-refractivity contribution in [3.63, 3.8) is 0 Å². The number of phenols is 1. The van der Waals surface area contributed by atoms with Gasteiger partial charge in [0.05, 0.1) is 0 Å². The summed E-state index contributed by atoms with van der Waals surface area (Å²) in [6.07, 6.45) is 5.28. The van der Waals surface area contributed by atoms with E-state index < -0.39 is 0 Å². The Morgan fingerprint density at radius 2 is 1.95 bits per heavy atom. The van der Waals surface area contributed by atoms with Crippen LogP contribution in [0.15, 0.2) is 18.2 Å². The second kappa shape index (κ2) is 7.60. The highest BCUT2D eigenvalue weighted by molar-refractivity contribution is 5.29. The van der Waals surface area contributed by atoms with Crippen LogP contribution in [-0.2, 0) is 0 Å². The Labute approximate surface area is 120 Å². The van der Waals surface area contributed by atoms with Crippen molar-refractivity contribution in [2.24, 2.45) is 0 Å². The van der Waals surface area contributed by atoms with Gasteiger partial charge in [0.2, 0.25) is 0 Å². The van der Waals surface area contributed by atoms with Crippen LogP contribution in [0.3, 0.4) is 0 Å². The summed E-state index contributed by atoms with van der Waals surface area (Å²) in [6.45, 7) is 6.21. The van der Waals surface area contributed by atoms with Crippen LogP contribution in [0.4, 0.5) is 4.39 Å². The minimum atomic E-state index is -0.347. The number of likely N-dealkylation sites (tertiary alicyclic amines) is 1. The Kier molecular flexibility index (Phi) is 5.80. The fraction of sp³-hybridized carbons (Fsp3) is 0.625. The van der Waals surface area contributed by atoms with E-state index in [0.29, 0.717) is 5.56 Å². The number of hydrogen-bond acceptors (Lipinski definition) is 3. The van der Waals surface area contributed by atoms with E-state index in [1.54, 1.807) is 6.07 Å². The Bertz CT molecular complexity index is 417. The van der Waals surface area contributed by atoms with Crippen LogP contribution in [0.25, 0.3) is 0 Å². The largest absolute Gasteiger partial charge is 0.508 e. The fourth-order valence-corrected chi connectivity index (χ4v) is 2.78. The average molecular weight is 280 g/mol. The number of nitrogens with zero attached hydrogens (tertiary/aromatic N) is 1. The fourth-order valence-electron chi connectivity index (χ4n) is 2.78. The Morgan fingerprint density at radius 1 is 1.25 bits per heavy atom. The van der Waals surface area contributed by atoms with Gasteiger partial charge >= 0.3 is 0 Å². The van der Waals surface area contributed by atoms with E-state index in [-0.39, 0.29) is 17.6 Å². The first-order valence-electron chi connectivity index (χ1n) is 7.61. The maximum Gasteiger partial charge on any atom is 0.131 e. The molecule has 1 aromatic carbocycles. The van der Waals surface area contributed by atoms with Crippen LogP contribution in [0, 0.1) is 5.82 Å². The molecule has 0 aliphatic carbocycles. The highest BCUT2D eigenvalue weighted by atomic mass is 19.1. The second-order valence-electron chi connectivity index (χ2n) is 5.64. The summed E-state index contributed by atoms with van der Waals surface area (Å²) in [6, 6.07) is 4.31. The number of halogens is 1. The number of phenolic OH excluding ortho intramolecular Hbond substituents is 1. The van der Waals surface area contributed by atoms with Crippen LogP contribution in [0.2, 0.25) is 0 Å². The van der Waals surface area contributed by atoms with E-state index in [4.69, 9.17) is 0 Å². The van der Waals surface area contributed by atoms with Crippen molar-refractivity contribution in [1.82, 2.24) is 10.2 Å². The maximum atomic E-state index is 13.7. The minimum absolute atomic E-state index is 0.0250. The first kappa shape index (κ1) is 15.3. The van der Waals surface area contributed by atoms with Crippen molar-refractivity contribution in [1.29, 1.82) is 0 Å². The van der Waals surface area contributed by atoms with Crippen LogP contribution in [0.1, 0.15) is 44.2 Å². The van der Waals surface area contributed by atoms with Crippen molar-refractivity contribution in [2.45, 2.75) is 38.6 Å². The quantitative estimate of drug-likeness (QED) is 0.870. The van der Waals surface area contributed by atoms with Crippen LogP contribution in [0.5, 0.6) is 5.75 Å². The van der Waals surface area contributed by atoms with E-state index in [1.165, 1.54) is 50.9 Å². The Hall–Kier alpha value is -1.13. The van der Waals surface area contributed by atoms with Crippen molar-refractivity contribution >= 4 is 0 Å². The van der Waals surface area contributed by atoms with Gasteiger partial charge in [0.25, 0.3) is 0 Å². The average Bonchev–Trinajstić information content (AvgIpc) is 2.67. The molecule has 1 aliphatic rings. The molecule has 0 amide bonds. The van der Waals surface area contributed by atoms with Gasteiger partial charge in [-0.25, -0.2) is 4.39 Å². The van der Waals surface area contributed by atoms with E-state index in [9.17, 15) is 9.50 Å². The molecule has 0 saturated carbocycles. The molecule has 1 fully saturated rings. The van der Waals surface area contributed by atoms with E-state index in [2.05, 4.69) is 10.2 Å². The molecular formula is C16H25FN2O. The summed E-state index contributed by atoms with van der Waals surface area (Å²) in [5, 5.41) is 12.6. The molecular weight excluding hydrogens is 255 g/mol. The summed E-state index contributed by atoms with van der Waals surface area (Å²) >= 11 is 0. The third-order valence-corrected chi connectivity index (χ3v) is 4.03. The van der Waals surface area contributed by atoms with Gasteiger partial charge in [-0.05, 0) is 38.9 Å². The SMILES string of the molecule is CC(NCCN1CCCCCC1)c1ccc(O)cc1F. The van der Waals surface area contributed by atoms with Gasteiger partial charge in [-0.2, -0.15) is 0 Å². The zero-order valence-corrected chi connectivity index (χ0v) is 12.2. The van der Waals surface area contributed by atoms with Gasteiger partial charge in [0.15, 0.2) is 0 Å². The summed E-state index contributed by atoms with van der Waals surface area (Å²) in [4.78, 5) is 2.49. The lowest BCUT2D eigenvalue weighted by Gasteiger charge is -2.22. The third kappa shape index (κ3) is 4.46. The van der Waals surface area contributed by atoms with Gasteiger partial charge in [-0.3, -0.25) is 0 Å². The third-order valence-electron chi connectivity index (χ3n) is 4.03. The van der Waals surface area contributed by atoms with Crippen molar-refractivity contribution < 1.29 is 9.50 Å². The zero-order valence-electron chi connectivity index (χ0n) is 12.2. The van der Waals surface area contributed by atoms with Gasteiger partial charge < -0.3 is 15.3 Å². The lowest BCUT2D eigenvalue weighted by Crippen LogP contribution is -2.34. The van der Waals surface area contributed by atoms with Crippen LogP contribution < -0.4 is 5.32 Å². The predicted octanol–water partition coefficient (Wildman–Crippen LogP) is 3.06. The highest BCUT2D eigenvalue weighted by Crippen LogP contribution is 2.20. The second-order valence-corrected chi connectivity index (χ2v) is 5.64. The maximum absolute atomic E-state index is 13.7. The first-order chi connectivity index (χ1) is 9.66. The van der Waals surface area contributed by atoms with Gasteiger partial charge in [0, 0.05) is 30.8 Å². The summed E-state index contributed by atoms with van der Waals surface area (Å²) in [5.74, 6) is -0.372. The summed E-state index contributed by atoms with van der Waals surface area (Å²) < 4.78 is 13.7. The molecule has 2 N–H and O–H groups in total. The Morgan fingerprint density at radius 3 is 2.60 bits per heavy atom. The summed E-state index contributed by atoms with van der Waals surface area (Å²) in [5.41, 5.74) is 0.610. The number of aromatic hydroxyl groups is 1. The molecule has 20 heavy (non-hydrogen) atoms. The van der Waals surface area contributed by atoms with Crippen molar-refractivity contribution in [3.8, 4) is 5.75 Å². The number of hydrogen-bond donors (Lipinski definition) is 2. The highest BCUT2D eigenvalue weighted by Gasteiger charge is 2.12. The molecule has 4 heteroatoms. The normalized spacial score (nSPS) is 18.7. The van der Waals surface area contributed by atoms with Crippen LogP contribution >= 0.6 is 0 Å². The number of nitrogens with one attached hydrogen (secondary N) is 1. The standard InChI is InChI=1S/C16H25FN2O/c1-13(15-7-6-14(20)12-16(15)17)18-8-11-19-9-4-2-3-5-10-19/h6-7,12-13,18,20H,2-5,8-11H2,1H3.